The van der Waals surface area contributed by atoms with Crippen molar-refractivity contribution in [3.8, 4) is 11.5 Å². The van der Waals surface area contributed by atoms with Gasteiger partial charge in [-0.05, 0) is 60.9 Å². The molecule has 0 unspecified atom stereocenters. The molecule has 6 heteroatoms. The molecule has 1 amide bonds. The van der Waals surface area contributed by atoms with Crippen LogP contribution in [0.5, 0.6) is 11.5 Å². The number of nitrogens with one attached hydrogen (secondary N) is 2. The van der Waals surface area contributed by atoms with Crippen LogP contribution < -0.4 is 20.1 Å². The van der Waals surface area contributed by atoms with Crippen LogP contribution in [0.1, 0.15) is 27.0 Å². The normalized spacial score (nSPS) is 11.9. The van der Waals surface area contributed by atoms with Crippen molar-refractivity contribution in [2.45, 2.75) is 20.4 Å². The number of anilines is 2. The molecule has 3 aromatic rings. The van der Waals surface area contributed by atoms with Gasteiger partial charge in [0.05, 0.1) is 5.56 Å². The first-order valence-corrected chi connectivity index (χ1v) is 9.06. The Labute approximate surface area is 163 Å². The number of hydrogen-bond acceptors (Lipinski definition) is 5. The molecule has 1 aliphatic rings. The maximum Gasteiger partial charge on any atom is 0.253 e. The third-order valence-electron chi connectivity index (χ3n) is 4.78. The molecule has 28 heavy (non-hydrogen) atoms. The lowest BCUT2D eigenvalue weighted by atomic mass is 10.1. The Hall–Kier alpha value is -3.54. The maximum absolute atomic E-state index is 12.4. The van der Waals surface area contributed by atoms with E-state index in [-0.39, 0.29) is 12.7 Å². The highest BCUT2D eigenvalue weighted by molar-refractivity contribution is 5.94. The first-order chi connectivity index (χ1) is 13.6. The van der Waals surface area contributed by atoms with E-state index >= 15 is 0 Å². The average Bonchev–Trinajstić information content (AvgIpc) is 3.18. The third kappa shape index (κ3) is 3.76. The Bertz CT molecular complexity index is 1020. The fraction of sp³-hybridized carbons (Fsp3) is 0.182. The Morgan fingerprint density at radius 2 is 1.93 bits per heavy atom. The number of rotatable bonds is 5. The maximum atomic E-state index is 12.4. The summed E-state index contributed by atoms with van der Waals surface area (Å²) in [6, 6.07) is 15.3. The smallest absolute Gasteiger partial charge is 0.253 e. The summed E-state index contributed by atoms with van der Waals surface area (Å²) in [5, 5.41) is 6.19. The van der Waals surface area contributed by atoms with Crippen LogP contribution in [0.25, 0.3) is 0 Å². The van der Waals surface area contributed by atoms with Gasteiger partial charge in [0.1, 0.15) is 5.82 Å². The van der Waals surface area contributed by atoms with Gasteiger partial charge in [0, 0.05) is 18.4 Å². The van der Waals surface area contributed by atoms with E-state index in [0.29, 0.717) is 23.7 Å². The topological polar surface area (TPSA) is 72.5 Å². The number of hydrogen-bond donors (Lipinski definition) is 2. The van der Waals surface area contributed by atoms with Gasteiger partial charge in [-0.1, -0.05) is 18.2 Å². The predicted octanol–water partition coefficient (Wildman–Crippen LogP) is 4.10. The van der Waals surface area contributed by atoms with Crippen LogP contribution in [0.15, 0.2) is 54.7 Å². The van der Waals surface area contributed by atoms with Gasteiger partial charge >= 0.3 is 0 Å². The van der Waals surface area contributed by atoms with Crippen molar-refractivity contribution < 1.29 is 14.3 Å². The highest BCUT2D eigenvalue weighted by Gasteiger charge is 2.14. The number of pyridine rings is 1. The van der Waals surface area contributed by atoms with Crippen molar-refractivity contribution in [1.29, 1.82) is 0 Å². The van der Waals surface area contributed by atoms with E-state index in [1.54, 1.807) is 18.3 Å². The summed E-state index contributed by atoms with van der Waals surface area (Å²) >= 11 is 0. The zero-order valence-corrected chi connectivity index (χ0v) is 15.8. The molecule has 2 heterocycles. The van der Waals surface area contributed by atoms with Crippen molar-refractivity contribution in [3.63, 3.8) is 0 Å². The molecular formula is C22H21N3O3. The van der Waals surface area contributed by atoms with Crippen LogP contribution in [0.3, 0.4) is 0 Å². The lowest BCUT2D eigenvalue weighted by Gasteiger charge is -2.11. The van der Waals surface area contributed by atoms with Crippen LogP contribution >= 0.6 is 0 Å². The molecule has 0 aliphatic carbocycles. The third-order valence-corrected chi connectivity index (χ3v) is 4.78. The molecule has 0 fully saturated rings. The van der Waals surface area contributed by atoms with Gasteiger partial charge < -0.3 is 20.1 Å². The Morgan fingerprint density at radius 3 is 2.75 bits per heavy atom. The minimum absolute atomic E-state index is 0.177. The lowest BCUT2D eigenvalue weighted by Crippen LogP contribution is -2.22. The molecule has 2 N–H and O–H groups in total. The highest BCUT2D eigenvalue weighted by atomic mass is 16.7. The van der Waals surface area contributed by atoms with E-state index in [4.69, 9.17) is 9.47 Å². The fourth-order valence-electron chi connectivity index (χ4n) is 2.96. The van der Waals surface area contributed by atoms with Crippen molar-refractivity contribution in [2.24, 2.45) is 0 Å². The first kappa shape index (κ1) is 17.9. The molecule has 4 rings (SSSR count). The number of benzene rings is 2. The van der Waals surface area contributed by atoms with Crippen molar-refractivity contribution in [2.75, 3.05) is 12.1 Å². The van der Waals surface area contributed by atoms with Crippen LogP contribution in [-0.4, -0.2) is 17.7 Å². The second-order valence-electron chi connectivity index (χ2n) is 6.67. The quantitative estimate of drug-likeness (QED) is 0.702. The van der Waals surface area contributed by atoms with Gasteiger partial charge in [-0.2, -0.15) is 0 Å². The molecule has 0 atom stereocenters. The largest absolute Gasteiger partial charge is 0.454 e. The number of amides is 1. The second kappa shape index (κ2) is 7.60. The van der Waals surface area contributed by atoms with Gasteiger partial charge in [0.2, 0.25) is 6.79 Å². The van der Waals surface area contributed by atoms with Gasteiger partial charge in [-0.3, -0.25) is 4.79 Å². The van der Waals surface area contributed by atoms with E-state index in [1.807, 2.05) is 30.3 Å². The van der Waals surface area contributed by atoms with Crippen molar-refractivity contribution in [1.82, 2.24) is 10.3 Å². The highest BCUT2D eigenvalue weighted by Crippen LogP contribution is 2.32. The Morgan fingerprint density at radius 1 is 1.07 bits per heavy atom. The summed E-state index contributed by atoms with van der Waals surface area (Å²) in [6.07, 6.45) is 1.57. The number of aryl methyl sites for hydroxylation is 1. The monoisotopic (exact) mass is 375 g/mol. The van der Waals surface area contributed by atoms with Crippen molar-refractivity contribution in [3.05, 3.63) is 77.0 Å². The molecule has 6 nitrogen and oxygen atoms in total. The molecule has 142 valence electrons. The number of carbonyl (C=O) groups is 1. The van der Waals surface area contributed by atoms with Gasteiger partial charge in [-0.25, -0.2) is 4.98 Å². The van der Waals surface area contributed by atoms with E-state index < -0.39 is 0 Å². The second-order valence-corrected chi connectivity index (χ2v) is 6.67. The zero-order chi connectivity index (χ0) is 19.5. The summed E-state index contributed by atoms with van der Waals surface area (Å²) in [6.45, 7) is 4.77. The van der Waals surface area contributed by atoms with E-state index in [9.17, 15) is 4.79 Å². The number of nitrogens with zero attached hydrogens (tertiary/aromatic N) is 1. The Balaban J connectivity index is 1.38. The van der Waals surface area contributed by atoms with E-state index in [0.717, 1.165) is 17.0 Å². The van der Waals surface area contributed by atoms with Crippen LogP contribution in [0.4, 0.5) is 11.5 Å². The van der Waals surface area contributed by atoms with E-state index in [2.05, 4.69) is 35.5 Å². The lowest BCUT2D eigenvalue weighted by molar-refractivity contribution is 0.0950. The van der Waals surface area contributed by atoms with Gasteiger partial charge in [0.25, 0.3) is 5.91 Å². The SMILES string of the molecule is Cc1cccc(Nc2ccc(C(=O)NCc3ccc4c(c3)OCO4)cn2)c1C. The summed E-state index contributed by atoms with van der Waals surface area (Å²) in [5.74, 6) is 1.95. The van der Waals surface area contributed by atoms with Crippen LogP contribution in [0, 0.1) is 13.8 Å². The average molecular weight is 375 g/mol. The molecule has 0 radical (unpaired) electrons. The zero-order valence-electron chi connectivity index (χ0n) is 15.8. The van der Waals surface area contributed by atoms with Gasteiger partial charge in [-0.15, -0.1) is 0 Å². The van der Waals surface area contributed by atoms with Crippen LogP contribution in [-0.2, 0) is 6.54 Å². The standard InChI is InChI=1S/C22H21N3O3/c1-14-4-3-5-18(15(14)2)25-21-9-7-17(12-23-21)22(26)24-11-16-6-8-19-20(10-16)28-13-27-19/h3-10,12H,11,13H2,1-2H3,(H,23,25)(H,24,26). The molecule has 0 bridgehead atoms. The number of fused-ring (bicyclic) bond motifs is 1. The molecule has 1 aromatic heterocycles. The van der Waals surface area contributed by atoms with Crippen molar-refractivity contribution >= 4 is 17.4 Å². The molecule has 2 aromatic carbocycles. The molecule has 0 saturated carbocycles. The fourth-order valence-corrected chi connectivity index (χ4v) is 2.96. The first-order valence-electron chi connectivity index (χ1n) is 9.06. The summed E-state index contributed by atoms with van der Waals surface area (Å²) in [4.78, 5) is 16.8. The molecule has 0 saturated heterocycles. The molecule has 0 spiro atoms. The number of carbonyl (C=O) groups excluding carboxylic acids is 1. The van der Waals surface area contributed by atoms with Gasteiger partial charge in [0.15, 0.2) is 11.5 Å². The number of aromatic nitrogens is 1. The summed E-state index contributed by atoms with van der Waals surface area (Å²) < 4.78 is 10.6. The molecule has 1 aliphatic heterocycles. The predicted molar refractivity (Wildman–Crippen MR) is 107 cm³/mol. The summed E-state index contributed by atoms with van der Waals surface area (Å²) in [7, 11) is 0. The minimum Gasteiger partial charge on any atom is -0.454 e. The Kier molecular flexibility index (Phi) is 4.85. The summed E-state index contributed by atoms with van der Waals surface area (Å²) in [5.41, 5.74) is 4.85. The number of ether oxygens (including phenoxy) is 2. The van der Waals surface area contributed by atoms with E-state index in [1.165, 1.54) is 11.1 Å². The molecular weight excluding hydrogens is 354 g/mol. The van der Waals surface area contributed by atoms with Crippen LogP contribution in [0.2, 0.25) is 0 Å². The minimum atomic E-state index is -0.177.